The molecule has 5 nitrogen and oxygen atoms in total. The molecule has 0 saturated heterocycles. The van der Waals surface area contributed by atoms with Crippen LogP contribution >= 0.6 is 23.2 Å². The second kappa shape index (κ2) is 10.2. The first kappa shape index (κ1) is 22.1. The van der Waals surface area contributed by atoms with Crippen molar-refractivity contribution in [2.24, 2.45) is 5.92 Å². The molecule has 8 heteroatoms. The monoisotopic (exact) mass is 408 g/mol. The molecule has 0 aromatic heterocycles. The van der Waals surface area contributed by atoms with Crippen LogP contribution < -0.4 is 9.62 Å². The van der Waals surface area contributed by atoms with E-state index < -0.39 is 10.0 Å². The molecule has 1 N–H and O–H groups in total. The molecule has 1 atom stereocenters. The van der Waals surface area contributed by atoms with Crippen LogP contribution in [0.3, 0.4) is 0 Å². The van der Waals surface area contributed by atoms with Gasteiger partial charge in [0.25, 0.3) is 0 Å². The minimum atomic E-state index is -3.65. The maximum Gasteiger partial charge on any atom is 0.240 e. The molecule has 1 aromatic rings. The number of halogens is 2. The van der Waals surface area contributed by atoms with Crippen LogP contribution in [0.5, 0.6) is 0 Å². The highest BCUT2D eigenvalue weighted by Gasteiger charge is 2.22. The fourth-order valence-corrected chi connectivity index (χ4v) is 3.83. The van der Waals surface area contributed by atoms with E-state index in [1.807, 2.05) is 0 Å². The Morgan fingerprint density at radius 1 is 1.20 bits per heavy atom. The van der Waals surface area contributed by atoms with Gasteiger partial charge in [0.1, 0.15) is 6.54 Å². The van der Waals surface area contributed by atoms with Crippen LogP contribution in [0.2, 0.25) is 10.0 Å². The average molecular weight is 409 g/mol. The molecule has 0 saturated carbocycles. The second-order valence-electron chi connectivity index (χ2n) is 6.12. The van der Waals surface area contributed by atoms with E-state index in [1.165, 1.54) is 18.2 Å². The van der Waals surface area contributed by atoms with E-state index in [2.05, 4.69) is 19.2 Å². The summed E-state index contributed by atoms with van der Waals surface area (Å²) in [6.07, 6.45) is 5.30. The van der Waals surface area contributed by atoms with Gasteiger partial charge < -0.3 is 5.32 Å². The molecule has 1 rings (SSSR count). The standard InChI is InChI=1S/C17H26Cl2N2O3S/c1-4-6-7-13(5-2)11-20-17(22)12-21(25(3,23)24)16-9-14(18)8-15(19)10-16/h8-10,13H,4-7,11-12H2,1-3H3,(H,20,22). The Balaban J connectivity index is 2.81. The first-order chi connectivity index (χ1) is 11.7. The lowest BCUT2D eigenvalue weighted by Crippen LogP contribution is -2.41. The van der Waals surface area contributed by atoms with Crippen molar-refractivity contribution in [1.82, 2.24) is 5.32 Å². The summed E-state index contributed by atoms with van der Waals surface area (Å²) in [7, 11) is -3.65. The van der Waals surface area contributed by atoms with E-state index in [0.717, 1.165) is 36.2 Å². The normalized spacial score (nSPS) is 12.7. The van der Waals surface area contributed by atoms with Crippen molar-refractivity contribution in [3.05, 3.63) is 28.2 Å². The van der Waals surface area contributed by atoms with Gasteiger partial charge in [0.05, 0.1) is 11.9 Å². The van der Waals surface area contributed by atoms with Crippen molar-refractivity contribution in [1.29, 1.82) is 0 Å². The minimum absolute atomic E-state index is 0.271. The summed E-state index contributed by atoms with van der Waals surface area (Å²) in [5.41, 5.74) is 0.271. The van der Waals surface area contributed by atoms with Gasteiger partial charge >= 0.3 is 0 Å². The molecule has 0 aliphatic carbocycles. The zero-order valence-electron chi connectivity index (χ0n) is 14.9. The zero-order valence-corrected chi connectivity index (χ0v) is 17.2. The van der Waals surface area contributed by atoms with Crippen LogP contribution in [0.25, 0.3) is 0 Å². The molecule has 0 aliphatic rings. The van der Waals surface area contributed by atoms with Gasteiger partial charge in [-0.05, 0) is 30.5 Å². The lowest BCUT2D eigenvalue weighted by atomic mass is 9.99. The number of anilines is 1. The molecular weight excluding hydrogens is 383 g/mol. The Morgan fingerprint density at radius 3 is 2.28 bits per heavy atom. The Hall–Kier alpha value is -0.980. The third-order valence-electron chi connectivity index (χ3n) is 3.95. The van der Waals surface area contributed by atoms with Gasteiger partial charge in [-0.1, -0.05) is 56.3 Å². The number of amides is 1. The number of carbonyl (C=O) groups is 1. The first-order valence-electron chi connectivity index (χ1n) is 8.37. The highest BCUT2D eigenvalue weighted by molar-refractivity contribution is 7.92. The SMILES string of the molecule is CCCCC(CC)CNC(=O)CN(c1cc(Cl)cc(Cl)c1)S(C)(=O)=O. The molecule has 1 unspecified atom stereocenters. The van der Waals surface area contributed by atoms with Crippen LogP contribution in [-0.2, 0) is 14.8 Å². The number of hydrogen-bond acceptors (Lipinski definition) is 3. The van der Waals surface area contributed by atoms with Crippen molar-refractivity contribution in [3.63, 3.8) is 0 Å². The van der Waals surface area contributed by atoms with Crippen molar-refractivity contribution in [2.45, 2.75) is 39.5 Å². The van der Waals surface area contributed by atoms with Crippen LogP contribution in [-0.4, -0.2) is 33.7 Å². The van der Waals surface area contributed by atoms with E-state index in [-0.39, 0.29) is 18.1 Å². The highest BCUT2D eigenvalue weighted by atomic mass is 35.5. The fourth-order valence-electron chi connectivity index (χ4n) is 2.47. The molecule has 0 fully saturated rings. The molecule has 1 amide bonds. The summed E-state index contributed by atoms with van der Waals surface area (Å²) in [4.78, 5) is 12.3. The lowest BCUT2D eigenvalue weighted by molar-refractivity contribution is -0.119. The van der Waals surface area contributed by atoms with E-state index in [0.29, 0.717) is 22.5 Å². The molecule has 0 aliphatic heterocycles. The Morgan fingerprint density at radius 2 is 1.80 bits per heavy atom. The highest BCUT2D eigenvalue weighted by Crippen LogP contribution is 2.26. The molecule has 142 valence electrons. The van der Waals surface area contributed by atoms with Crippen molar-refractivity contribution in [2.75, 3.05) is 23.7 Å². The molecule has 0 radical (unpaired) electrons. The molecule has 0 heterocycles. The molecule has 0 spiro atoms. The number of unbranched alkanes of at least 4 members (excludes halogenated alkanes) is 1. The molecular formula is C17H26Cl2N2O3S. The van der Waals surface area contributed by atoms with Gasteiger partial charge in [0, 0.05) is 16.6 Å². The van der Waals surface area contributed by atoms with E-state index in [1.54, 1.807) is 0 Å². The summed E-state index contributed by atoms with van der Waals surface area (Å²) in [5, 5.41) is 3.45. The van der Waals surface area contributed by atoms with Crippen LogP contribution in [0, 0.1) is 5.92 Å². The topological polar surface area (TPSA) is 66.5 Å². The number of benzene rings is 1. The number of nitrogens with zero attached hydrogens (tertiary/aromatic N) is 1. The molecule has 1 aromatic carbocycles. The maximum absolute atomic E-state index is 12.3. The average Bonchev–Trinajstić information content (AvgIpc) is 2.50. The third-order valence-corrected chi connectivity index (χ3v) is 5.53. The van der Waals surface area contributed by atoms with E-state index in [9.17, 15) is 13.2 Å². The predicted octanol–water partition coefficient (Wildman–Crippen LogP) is 4.09. The van der Waals surface area contributed by atoms with Gasteiger partial charge in [-0.2, -0.15) is 0 Å². The largest absolute Gasteiger partial charge is 0.354 e. The van der Waals surface area contributed by atoms with E-state index >= 15 is 0 Å². The first-order valence-corrected chi connectivity index (χ1v) is 11.0. The smallest absolute Gasteiger partial charge is 0.240 e. The number of sulfonamides is 1. The van der Waals surface area contributed by atoms with Crippen molar-refractivity contribution in [3.8, 4) is 0 Å². The zero-order chi connectivity index (χ0) is 19.0. The number of hydrogen-bond donors (Lipinski definition) is 1. The van der Waals surface area contributed by atoms with Crippen molar-refractivity contribution < 1.29 is 13.2 Å². The number of carbonyl (C=O) groups excluding carboxylic acids is 1. The summed E-state index contributed by atoms with van der Waals surface area (Å²) in [5.74, 6) is 0.0488. The van der Waals surface area contributed by atoms with Gasteiger partial charge in [0.2, 0.25) is 15.9 Å². The van der Waals surface area contributed by atoms with Gasteiger partial charge in [0.15, 0.2) is 0 Å². The van der Waals surface area contributed by atoms with Gasteiger partial charge in [-0.15, -0.1) is 0 Å². The van der Waals surface area contributed by atoms with Crippen LogP contribution in [0.4, 0.5) is 5.69 Å². The summed E-state index contributed by atoms with van der Waals surface area (Å²) >= 11 is 11.9. The summed E-state index contributed by atoms with van der Waals surface area (Å²) in [6.45, 7) is 4.46. The third kappa shape index (κ3) is 7.84. The summed E-state index contributed by atoms with van der Waals surface area (Å²) < 4.78 is 25.2. The predicted molar refractivity (Wildman–Crippen MR) is 105 cm³/mol. The lowest BCUT2D eigenvalue weighted by Gasteiger charge is -2.23. The quantitative estimate of drug-likeness (QED) is 0.633. The molecule has 0 bridgehead atoms. The van der Waals surface area contributed by atoms with Crippen LogP contribution in [0.1, 0.15) is 39.5 Å². The summed E-state index contributed by atoms with van der Waals surface area (Å²) in [6, 6.07) is 4.45. The fraction of sp³-hybridized carbons (Fsp3) is 0.588. The van der Waals surface area contributed by atoms with Gasteiger partial charge in [-0.3, -0.25) is 9.10 Å². The Kier molecular flexibility index (Phi) is 9.03. The Labute approximate surface area is 160 Å². The maximum atomic E-state index is 12.3. The molecule has 25 heavy (non-hydrogen) atoms. The van der Waals surface area contributed by atoms with E-state index in [4.69, 9.17) is 23.2 Å². The number of nitrogens with one attached hydrogen (secondary N) is 1. The van der Waals surface area contributed by atoms with Crippen LogP contribution in [0.15, 0.2) is 18.2 Å². The Bertz CT molecular complexity index is 660. The second-order valence-corrected chi connectivity index (χ2v) is 8.90. The van der Waals surface area contributed by atoms with Crippen molar-refractivity contribution >= 4 is 44.8 Å². The minimum Gasteiger partial charge on any atom is -0.354 e. The number of rotatable bonds is 10. The van der Waals surface area contributed by atoms with Gasteiger partial charge in [-0.25, -0.2) is 8.42 Å².